The molecule has 0 fully saturated rings. The number of hydrogen-bond donors (Lipinski definition) is 0. The second kappa shape index (κ2) is 10.7. The monoisotopic (exact) mass is 467 g/mol. The molecule has 5 rings (SSSR count). The van der Waals surface area contributed by atoms with Crippen molar-refractivity contribution in [1.29, 1.82) is 0 Å². The predicted molar refractivity (Wildman–Crippen MR) is 153 cm³/mol. The molecule has 0 unspecified atom stereocenters. The van der Waals surface area contributed by atoms with Gasteiger partial charge in [0.05, 0.1) is 17.6 Å². The van der Waals surface area contributed by atoms with E-state index in [0.717, 1.165) is 34.0 Å². The second-order valence-corrected chi connectivity index (χ2v) is 8.83. The van der Waals surface area contributed by atoms with Crippen molar-refractivity contribution in [2.75, 3.05) is 9.91 Å². The van der Waals surface area contributed by atoms with Crippen molar-refractivity contribution in [2.45, 2.75) is 13.8 Å². The molecule has 0 amide bonds. The van der Waals surface area contributed by atoms with Crippen molar-refractivity contribution >= 4 is 34.7 Å². The highest BCUT2D eigenvalue weighted by molar-refractivity contribution is 5.84. The first-order chi connectivity index (χ1) is 17.7. The Kier molecular flexibility index (Phi) is 6.90. The van der Waals surface area contributed by atoms with Crippen molar-refractivity contribution in [2.24, 2.45) is 5.10 Å². The first kappa shape index (κ1) is 23.1. The molecule has 0 bridgehead atoms. The number of hydrazone groups is 1. The van der Waals surface area contributed by atoms with Gasteiger partial charge < -0.3 is 4.90 Å². The maximum absolute atomic E-state index is 4.84. The van der Waals surface area contributed by atoms with Crippen LogP contribution in [-0.4, -0.2) is 6.21 Å². The number of nitrogens with zero attached hydrogens (tertiary/aromatic N) is 3. The zero-order valence-electron chi connectivity index (χ0n) is 20.6. The van der Waals surface area contributed by atoms with Crippen LogP contribution in [0.4, 0.5) is 28.4 Å². The summed E-state index contributed by atoms with van der Waals surface area (Å²) in [7, 11) is 0. The Hall–Kier alpha value is -4.63. The van der Waals surface area contributed by atoms with E-state index < -0.39 is 0 Å². The first-order valence-electron chi connectivity index (χ1n) is 12.2. The van der Waals surface area contributed by atoms with Gasteiger partial charge in [0.25, 0.3) is 0 Å². The van der Waals surface area contributed by atoms with Crippen LogP contribution in [0.3, 0.4) is 0 Å². The quantitative estimate of drug-likeness (QED) is 0.176. The SMILES string of the molecule is Cc1ccc(N(c2ccc(C)cc2)c2ccc(/C=N\N(c3ccccc3)c3ccccc3)cc2)cc1. The second-order valence-electron chi connectivity index (χ2n) is 8.83. The molecule has 3 heteroatoms. The van der Waals surface area contributed by atoms with Crippen molar-refractivity contribution in [3.8, 4) is 0 Å². The summed E-state index contributed by atoms with van der Waals surface area (Å²) in [6.07, 6.45) is 1.91. The first-order valence-corrected chi connectivity index (χ1v) is 12.2. The number of benzene rings is 5. The molecule has 0 saturated heterocycles. The van der Waals surface area contributed by atoms with E-state index in [9.17, 15) is 0 Å². The summed E-state index contributed by atoms with van der Waals surface area (Å²) in [6, 6.07) is 46.2. The van der Waals surface area contributed by atoms with E-state index in [1.807, 2.05) is 47.6 Å². The van der Waals surface area contributed by atoms with Crippen molar-refractivity contribution < 1.29 is 0 Å². The van der Waals surface area contributed by atoms with E-state index in [2.05, 4.69) is 116 Å². The molecule has 0 heterocycles. The minimum atomic E-state index is 1.02. The van der Waals surface area contributed by atoms with E-state index in [1.54, 1.807) is 0 Å². The summed E-state index contributed by atoms with van der Waals surface area (Å²) >= 11 is 0. The maximum atomic E-state index is 4.84. The van der Waals surface area contributed by atoms with E-state index in [0.29, 0.717) is 0 Å². The molecule has 0 atom stereocenters. The van der Waals surface area contributed by atoms with Gasteiger partial charge in [0.1, 0.15) is 0 Å². The van der Waals surface area contributed by atoms with Crippen LogP contribution in [0.2, 0.25) is 0 Å². The fourth-order valence-electron chi connectivity index (χ4n) is 4.09. The molecule has 0 saturated carbocycles. The molecule has 0 spiro atoms. The number of aryl methyl sites for hydroxylation is 2. The topological polar surface area (TPSA) is 18.8 Å². The maximum Gasteiger partial charge on any atom is 0.0652 e. The summed E-state index contributed by atoms with van der Waals surface area (Å²) in [5, 5.41) is 6.80. The third-order valence-electron chi connectivity index (χ3n) is 6.06. The number of anilines is 5. The van der Waals surface area contributed by atoms with Crippen LogP contribution in [0.15, 0.2) is 139 Å². The molecule has 5 aromatic rings. The molecular formula is C33H29N3. The number of hydrogen-bond acceptors (Lipinski definition) is 3. The summed E-state index contributed by atoms with van der Waals surface area (Å²) in [6.45, 7) is 4.23. The fraction of sp³-hybridized carbons (Fsp3) is 0.0606. The molecule has 176 valence electrons. The summed E-state index contributed by atoms with van der Waals surface area (Å²) in [5.41, 5.74) is 8.91. The van der Waals surface area contributed by atoms with E-state index in [4.69, 9.17) is 5.10 Å². The van der Waals surface area contributed by atoms with Crippen LogP contribution in [-0.2, 0) is 0 Å². The molecule has 5 aromatic carbocycles. The Balaban J connectivity index is 1.46. The van der Waals surface area contributed by atoms with Crippen LogP contribution in [0.1, 0.15) is 16.7 Å². The lowest BCUT2D eigenvalue weighted by molar-refractivity contribution is 1.09. The van der Waals surface area contributed by atoms with Gasteiger partial charge in [-0.2, -0.15) is 5.10 Å². The highest BCUT2D eigenvalue weighted by atomic mass is 15.5. The lowest BCUT2D eigenvalue weighted by Gasteiger charge is -2.26. The Bertz CT molecular complexity index is 1320. The molecule has 0 aliphatic rings. The van der Waals surface area contributed by atoms with Crippen LogP contribution >= 0.6 is 0 Å². The van der Waals surface area contributed by atoms with Crippen LogP contribution in [0.25, 0.3) is 0 Å². The van der Waals surface area contributed by atoms with Crippen molar-refractivity contribution in [3.05, 3.63) is 150 Å². The lowest BCUT2D eigenvalue weighted by atomic mass is 10.1. The van der Waals surface area contributed by atoms with E-state index >= 15 is 0 Å². The minimum absolute atomic E-state index is 1.02. The van der Waals surface area contributed by atoms with Gasteiger partial charge in [0.2, 0.25) is 0 Å². The number of rotatable bonds is 7. The molecule has 3 nitrogen and oxygen atoms in total. The third-order valence-corrected chi connectivity index (χ3v) is 6.06. The molecule has 0 N–H and O–H groups in total. The third kappa shape index (κ3) is 5.37. The smallest absolute Gasteiger partial charge is 0.0652 e. The van der Waals surface area contributed by atoms with Gasteiger partial charge in [-0.3, -0.25) is 0 Å². The van der Waals surface area contributed by atoms with Gasteiger partial charge in [-0.15, -0.1) is 0 Å². The van der Waals surface area contributed by atoms with Gasteiger partial charge in [-0.05, 0) is 80.1 Å². The van der Waals surface area contributed by atoms with E-state index in [-0.39, 0.29) is 0 Å². The predicted octanol–water partition coefficient (Wildman–Crippen LogP) is 8.95. The van der Waals surface area contributed by atoms with E-state index in [1.165, 1.54) is 11.1 Å². The Morgan fingerprint density at radius 1 is 0.444 bits per heavy atom. The molecule has 0 aliphatic carbocycles. The van der Waals surface area contributed by atoms with Crippen molar-refractivity contribution in [3.63, 3.8) is 0 Å². The zero-order valence-corrected chi connectivity index (χ0v) is 20.6. The van der Waals surface area contributed by atoms with Gasteiger partial charge in [-0.25, -0.2) is 5.01 Å². The van der Waals surface area contributed by atoms with Crippen molar-refractivity contribution in [1.82, 2.24) is 0 Å². The Morgan fingerprint density at radius 2 is 0.833 bits per heavy atom. The average molecular weight is 468 g/mol. The van der Waals surface area contributed by atoms with Gasteiger partial charge in [-0.1, -0.05) is 83.9 Å². The lowest BCUT2D eigenvalue weighted by Crippen LogP contribution is -2.10. The fourth-order valence-corrected chi connectivity index (χ4v) is 4.09. The highest BCUT2D eigenvalue weighted by Gasteiger charge is 2.12. The molecule has 0 aliphatic heterocycles. The average Bonchev–Trinajstić information content (AvgIpc) is 2.93. The van der Waals surface area contributed by atoms with Gasteiger partial charge in [0, 0.05) is 17.1 Å². The van der Waals surface area contributed by atoms with Crippen LogP contribution < -0.4 is 9.91 Å². The summed E-state index contributed by atoms with van der Waals surface area (Å²) < 4.78 is 0. The molecule has 0 aromatic heterocycles. The largest absolute Gasteiger partial charge is 0.311 e. The van der Waals surface area contributed by atoms with Crippen LogP contribution in [0, 0.1) is 13.8 Å². The zero-order chi connectivity index (χ0) is 24.7. The molecule has 36 heavy (non-hydrogen) atoms. The summed E-state index contributed by atoms with van der Waals surface area (Å²) in [5.74, 6) is 0. The Labute approximate surface area is 213 Å². The molecular weight excluding hydrogens is 438 g/mol. The summed E-state index contributed by atoms with van der Waals surface area (Å²) in [4.78, 5) is 2.28. The minimum Gasteiger partial charge on any atom is -0.311 e. The van der Waals surface area contributed by atoms with Crippen LogP contribution in [0.5, 0.6) is 0 Å². The Morgan fingerprint density at radius 3 is 1.25 bits per heavy atom. The van der Waals surface area contributed by atoms with Gasteiger partial charge >= 0.3 is 0 Å². The normalized spacial score (nSPS) is 10.9. The molecule has 0 radical (unpaired) electrons. The van der Waals surface area contributed by atoms with Gasteiger partial charge in [0.15, 0.2) is 0 Å². The standard InChI is InChI=1S/C33H29N3/c1-26-13-19-29(20-14-26)35(30-21-15-27(2)16-22-30)31-23-17-28(18-24-31)25-34-36(32-9-5-3-6-10-32)33-11-7-4-8-12-33/h3-25H,1-2H3/b34-25-. The highest BCUT2D eigenvalue weighted by Crippen LogP contribution is 2.34. The number of para-hydroxylation sites is 2.